The van der Waals surface area contributed by atoms with Gasteiger partial charge in [-0.25, -0.2) is 0 Å². The first-order chi connectivity index (χ1) is 14.8. The lowest BCUT2D eigenvalue weighted by Gasteiger charge is -2.21. The van der Waals surface area contributed by atoms with Crippen LogP contribution in [-0.4, -0.2) is 17.9 Å². The zero-order valence-corrected chi connectivity index (χ0v) is 16.9. The Hall–Kier alpha value is -3.67. The Morgan fingerprint density at radius 3 is 2.23 bits per heavy atom. The van der Waals surface area contributed by atoms with Crippen molar-refractivity contribution in [2.24, 2.45) is 0 Å². The normalized spacial score (nSPS) is 11.5. The van der Waals surface area contributed by atoms with Gasteiger partial charge in [-0.05, 0) is 30.7 Å². The maximum Gasteiger partial charge on any atom is 0.418 e. The van der Waals surface area contributed by atoms with Gasteiger partial charge in [0.1, 0.15) is 0 Å². The van der Waals surface area contributed by atoms with E-state index >= 15 is 0 Å². The van der Waals surface area contributed by atoms with Crippen LogP contribution in [0.2, 0.25) is 0 Å². The molecule has 1 amide bonds. The van der Waals surface area contributed by atoms with Crippen LogP contribution in [-0.2, 0) is 6.18 Å². The van der Waals surface area contributed by atoms with Gasteiger partial charge in [0.15, 0.2) is 0 Å². The van der Waals surface area contributed by atoms with Crippen LogP contribution in [0.25, 0.3) is 22.0 Å². The molecule has 3 nitrogen and oxygen atoms in total. The van der Waals surface area contributed by atoms with Crippen LogP contribution in [0, 0.1) is 6.92 Å². The molecule has 0 aliphatic heterocycles. The van der Waals surface area contributed by atoms with Crippen molar-refractivity contribution in [3.8, 4) is 11.1 Å². The van der Waals surface area contributed by atoms with Gasteiger partial charge in [0.05, 0.1) is 16.6 Å². The molecule has 0 spiro atoms. The number of benzene rings is 3. The molecule has 4 aromatic rings. The highest BCUT2D eigenvalue weighted by atomic mass is 19.4. The molecule has 0 radical (unpaired) electrons. The molecular formula is C25H19F3N2O. The monoisotopic (exact) mass is 420 g/mol. The first kappa shape index (κ1) is 20.6. The number of hydrogen-bond acceptors (Lipinski definition) is 2. The number of anilines is 1. The molecule has 0 fully saturated rings. The molecule has 156 valence electrons. The Labute approximate surface area is 177 Å². The van der Waals surface area contributed by atoms with Gasteiger partial charge in [0, 0.05) is 29.9 Å². The number of amides is 1. The third-order valence-electron chi connectivity index (χ3n) is 5.22. The third kappa shape index (κ3) is 3.89. The minimum absolute atomic E-state index is 0.177. The van der Waals surface area contributed by atoms with Gasteiger partial charge in [0.25, 0.3) is 5.91 Å². The summed E-state index contributed by atoms with van der Waals surface area (Å²) in [5, 5.41) is 0.282. The molecule has 4 rings (SSSR count). The van der Waals surface area contributed by atoms with Crippen molar-refractivity contribution in [2.45, 2.75) is 13.1 Å². The fourth-order valence-electron chi connectivity index (χ4n) is 3.60. The molecule has 0 aliphatic carbocycles. The maximum absolute atomic E-state index is 13.6. The standard InChI is InChI=1S/C25H19F3N2O/c1-16-11-13-18(14-12-16)30(2)24(31)20-15-29-23-19(9-6-10-21(23)25(26,27)28)22(20)17-7-4-3-5-8-17/h3-15H,1-2H3. The summed E-state index contributed by atoms with van der Waals surface area (Å²) in [6.07, 6.45) is -3.31. The molecular weight excluding hydrogens is 401 g/mol. The van der Waals surface area contributed by atoms with E-state index in [0.717, 1.165) is 11.6 Å². The van der Waals surface area contributed by atoms with Crippen LogP contribution < -0.4 is 4.90 Å². The number of fused-ring (bicyclic) bond motifs is 1. The molecule has 6 heteroatoms. The van der Waals surface area contributed by atoms with Crippen molar-refractivity contribution in [3.63, 3.8) is 0 Å². The van der Waals surface area contributed by atoms with E-state index in [2.05, 4.69) is 4.98 Å². The molecule has 0 N–H and O–H groups in total. The van der Waals surface area contributed by atoms with Crippen LogP contribution in [0.5, 0.6) is 0 Å². The van der Waals surface area contributed by atoms with Crippen LogP contribution >= 0.6 is 0 Å². The minimum Gasteiger partial charge on any atom is -0.311 e. The van der Waals surface area contributed by atoms with E-state index in [9.17, 15) is 18.0 Å². The fraction of sp³-hybridized carbons (Fsp3) is 0.120. The summed E-state index contributed by atoms with van der Waals surface area (Å²) in [4.78, 5) is 19.0. The van der Waals surface area contributed by atoms with Crippen LogP contribution in [0.3, 0.4) is 0 Å². The lowest BCUT2D eigenvalue weighted by molar-refractivity contribution is -0.136. The summed E-state index contributed by atoms with van der Waals surface area (Å²) in [6, 6.07) is 20.3. The van der Waals surface area contributed by atoms with E-state index in [1.165, 1.54) is 17.2 Å². The molecule has 0 unspecified atom stereocenters. The molecule has 0 aliphatic rings. The van der Waals surface area contributed by atoms with E-state index in [4.69, 9.17) is 0 Å². The van der Waals surface area contributed by atoms with Crippen LogP contribution in [0.1, 0.15) is 21.5 Å². The van der Waals surface area contributed by atoms with E-state index in [1.807, 2.05) is 37.3 Å². The van der Waals surface area contributed by atoms with Gasteiger partial charge in [-0.1, -0.05) is 60.2 Å². The van der Waals surface area contributed by atoms with Crippen molar-refractivity contribution in [1.29, 1.82) is 0 Å². The average Bonchev–Trinajstić information content (AvgIpc) is 2.77. The maximum atomic E-state index is 13.6. The topological polar surface area (TPSA) is 33.2 Å². The molecule has 0 atom stereocenters. The Bertz CT molecular complexity index is 1250. The summed E-state index contributed by atoms with van der Waals surface area (Å²) in [7, 11) is 1.64. The summed E-state index contributed by atoms with van der Waals surface area (Å²) < 4.78 is 40.7. The number of nitrogens with zero attached hydrogens (tertiary/aromatic N) is 2. The largest absolute Gasteiger partial charge is 0.418 e. The highest BCUT2D eigenvalue weighted by Gasteiger charge is 2.34. The van der Waals surface area contributed by atoms with Crippen molar-refractivity contribution < 1.29 is 18.0 Å². The van der Waals surface area contributed by atoms with Crippen molar-refractivity contribution in [1.82, 2.24) is 4.98 Å². The molecule has 1 heterocycles. The zero-order valence-electron chi connectivity index (χ0n) is 16.9. The van der Waals surface area contributed by atoms with Gasteiger partial charge in [0.2, 0.25) is 0 Å². The number of aromatic nitrogens is 1. The Morgan fingerprint density at radius 2 is 1.58 bits per heavy atom. The predicted molar refractivity (Wildman–Crippen MR) is 116 cm³/mol. The number of aryl methyl sites for hydroxylation is 1. The number of hydrogen-bond donors (Lipinski definition) is 0. The van der Waals surface area contributed by atoms with Gasteiger partial charge in [-0.2, -0.15) is 13.2 Å². The number of pyridine rings is 1. The van der Waals surface area contributed by atoms with E-state index in [0.29, 0.717) is 16.8 Å². The predicted octanol–water partition coefficient (Wildman–Crippen LogP) is 6.51. The van der Waals surface area contributed by atoms with Crippen molar-refractivity contribution in [3.05, 3.63) is 95.7 Å². The Kier molecular flexibility index (Phi) is 5.23. The summed E-state index contributed by atoms with van der Waals surface area (Å²) >= 11 is 0. The SMILES string of the molecule is Cc1ccc(N(C)C(=O)c2cnc3c(C(F)(F)F)cccc3c2-c2ccccc2)cc1. The molecule has 31 heavy (non-hydrogen) atoms. The fourth-order valence-corrected chi connectivity index (χ4v) is 3.60. The van der Waals surface area contributed by atoms with E-state index in [1.54, 1.807) is 37.4 Å². The number of carbonyl (C=O) groups excluding carboxylic acids is 1. The Balaban J connectivity index is 1.95. The number of alkyl halides is 3. The minimum atomic E-state index is -4.55. The summed E-state index contributed by atoms with van der Waals surface area (Å²) in [5.74, 6) is -0.352. The van der Waals surface area contributed by atoms with Gasteiger partial charge < -0.3 is 4.90 Å². The third-order valence-corrected chi connectivity index (χ3v) is 5.22. The lowest BCUT2D eigenvalue weighted by Crippen LogP contribution is -2.27. The van der Waals surface area contributed by atoms with Crippen LogP contribution in [0.4, 0.5) is 18.9 Å². The summed E-state index contributed by atoms with van der Waals surface area (Å²) in [5.41, 5.74) is 2.05. The molecule has 3 aromatic carbocycles. The first-order valence-electron chi connectivity index (χ1n) is 9.66. The van der Waals surface area contributed by atoms with Crippen molar-refractivity contribution in [2.75, 3.05) is 11.9 Å². The summed E-state index contributed by atoms with van der Waals surface area (Å²) in [6.45, 7) is 1.95. The highest BCUT2D eigenvalue weighted by Crippen LogP contribution is 2.38. The number of para-hydroxylation sites is 1. The second-order valence-electron chi connectivity index (χ2n) is 7.31. The van der Waals surface area contributed by atoms with Gasteiger partial charge in [-0.3, -0.25) is 9.78 Å². The lowest BCUT2D eigenvalue weighted by atomic mass is 9.94. The number of carbonyl (C=O) groups is 1. The molecule has 0 saturated heterocycles. The second kappa shape index (κ2) is 7.87. The van der Waals surface area contributed by atoms with Crippen molar-refractivity contribution >= 4 is 22.5 Å². The first-order valence-corrected chi connectivity index (χ1v) is 9.66. The quantitative estimate of drug-likeness (QED) is 0.379. The number of halogens is 3. The van der Waals surface area contributed by atoms with Gasteiger partial charge in [-0.15, -0.1) is 0 Å². The molecule has 1 aromatic heterocycles. The second-order valence-corrected chi connectivity index (χ2v) is 7.31. The highest BCUT2D eigenvalue weighted by molar-refractivity contribution is 6.14. The Morgan fingerprint density at radius 1 is 0.903 bits per heavy atom. The zero-order chi connectivity index (χ0) is 22.2. The molecule has 0 bridgehead atoms. The molecule has 0 saturated carbocycles. The van der Waals surface area contributed by atoms with E-state index in [-0.39, 0.29) is 22.4 Å². The van der Waals surface area contributed by atoms with Gasteiger partial charge >= 0.3 is 6.18 Å². The average molecular weight is 420 g/mol. The smallest absolute Gasteiger partial charge is 0.311 e. The number of rotatable bonds is 3. The van der Waals surface area contributed by atoms with E-state index < -0.39 is 11.7 Å². The van der Waals surface area contributed by atoms with Crippen LogP contribution in [0.15, 0.2) is 79.0 Å².